The Balaban J connectivity index is 2.35. The van der Waals surface area contributed by atoms with E-state index in [-0.39, 0.29) is 18.1 Å². The van der Waals surface area contributed by atoms with E-state index in [1.165, 1.54) is 17.6 Å². The van der Waals surface area contributed by atoms with Gasteiger partial charge < -0.3 is 21.4 Å². The Kier molecular flexibility index (Phi) is 14.1. The van der Waals surface area contributed by atoms with Gasteiger partial charge in [-0.1, -0.05) is 44.9 Å². The van der Waals surface area contributed by atoms with Crippen molar-refractivity contribution >= 4 is 0 Å². The summed E-state index contributed by atoms with van der Waals surface area (Å²) in [5, 5.41) is 20.9. The lowest BCUT2D eigenvalue weighted by Crippen LogP contribution is -2.39. The number of aliphatic hydroxyl groups is 2. The van der Waals surface area contributed by atoms with Crippen molar-refractivity contribution in [2.45, 2.75) is 130 Å². The molecule has 6 atom stereocenters. The topological polar surface area (TPSA) is 49.7 Å². The molecule has 0 heterocycles. The molecule has 3 heteroatoms. The Labute approximate surface area is 199 Å². The summed E-state index contributed by atoms with van der Waals surface area (Å²) in [6, 6.07) is 0. The first-order chi connectivity index (χ1) is 15.1. The van der Waals surface area contributed by atoms with Crippen LogP contribution in [0.5, 0.6) is 0 Å². The summed E-state index contributed by atoms with van der Waals surface area (Å²) >= 11 is 0. The van der Waals surface area contributed by atoms with Crippen molar-refractivity contribution in [3.8, 4) is 0 Å². The van der Waals surface area contributed by atoms with E-state index in [1.807, 2.05) is 6.92 Å². The normalized spacial score (nSPS) is 27.2. The van der Waals surface area contributed by atoms with Gasteiger partial charge in [-0.25, -0.2) is 0 Å². The van der Waals surface area contributed by atoms with E-state index in [9.17, 15) is 10.2 Å². The lowest BCUT2D eigenvalue weighted by Gasteiger charge is -2.37. The largest absolute Gasteiger partial charge is 0.390 e. The fourth-order valence-corrected chi connectivity index (χ4v) is 4.89. The second-order valence-corrected chi connectivity index (χ2v) is 10.7. The number of aliphatic hydroxyl groups excluding tert-OH is 1. The molecule has 0 fully saturated rings. The quantitative estimate of drug-likeness (QED) is 0.146. The molecule has 6 unspecified atom stereocenters. The van der Waals surface area contributed by atoms with Crippen molar-refractivity contribution in [1.29, 1.82) is 0 Å². The maximum absolute atomic E-state index is 10.5. The van der Waals surface area contributed by atoms with Crippen LogP contribution in [-0.2, 0) is 4.74 Å². The van der Waals surface area contributed by atoms with Crippen LogP contribution in [0.2, 0.25) is 0 Å². The van der Waals surface area contributed by atoms with E-state index in [4.69, 9.17) is 4.74 Å². The van der Waals surface area contributed by atoms with Crippen molar-refractivity contribution in [3.05, 3.63) is 29.7 Å². The molecular weight excluding hydrogens is 396 g/mol. The van der Waals surface area contributed by atoms with Crippen molar-refractivity contribution in [1.82, 2.24) is 0 Å². The minimum absolute atomic E-state index is 0.157. The van der Waals surface area contributed by atoms with Crippen LogP contribution in [0, 0.1) is 24.2 Å². The van der Waals surface area contributed by atoms with Gasteiger partial charge in [-0.3, -0.25) is 0 Å². The predicted molar refractivity (Wildman–Crippen MR) is 138 cm³/mol. The number of rotatable bonds is 16. The molecule has 188 valence electrons. The molecule has 0 aromatic carbocycles. The molecular formula is C29H53O3-. The highest BCUT2D eigenvalue weighted by molar-refractivity contribution is 5.18. The van der Waals surface area contributed by atoms with Crippen LogP contribution in [-0.4, -0.2) is 34.6 Å². The van der Waals surface area contributed by atoms with Crippen LogP contribution in [0.25, 0.3) is 0 Å². The van der Waals surface area contributed by atoms with Crippen LogP contribution in [0.3, 0.4) is 0 Å². The molecule has 3 nitrogen and oxygen atoms in total. The molecule has 1 aliphatic rings. The van der Waals surface area contributed by atoms with Gasteiger partial charge in [0, 0.05) is 6.61 Å². The second-order valence-electron chi connectivity index (χ2n) is 10.7. The van der Waals surface area contributed by atoms with E-state index in [0.29, 0.717) is 11.8 Å². The molecule has 0 aliphatic heterocycles. The predicted octanol–water partition coefficient (Wildman–Crippen LogP) is 7.42. The lowest BCUT2D eigenvalue weighted by atomic mass is 9.76. The van der Waals surface area contributed by atoms with Crippen molar-refractivity contribution in [2.24, 2.45) is 17.8 Å². The average molecular weight is 450 g/mol. The summed E-state index contributed by atoms with van der Waals surface area (Å²) in [6.45, 7) is 15.8. The Bertz CT molecular complexity index is 563. The van der Waals surface area contributed by atoms with Crippen molar-refractivity contribution in [3.63, 3.8) is 0 Å². The third-order valence-electron chi connectivity index (χ3n) is 7.51. The van der Waals surface area contributed by atoms with Crippen LogP contribution in [0.1, 0.15) is 113 Å². The first kappa shape index (κ1) is 29.4. The average Bonchev–Trinajstić information content (AvgIpc) is 2.73. The fraction of sp³-hybridized carbons (Fsp3) is 0.828. The smallest absolute Gasteiger partial charge is 0.0814 e. The molecule has 0 radical (unpaired) electrons. The molecule has 0 bridgehead atoms. The highest BCUT2D eigenvalue weighted by Crippen LogP contribution is 2.35. The first-order valence-corrected chi connectivity index (χ1v) is 13.3. The third kappa shape index (κ3) is 11.0. The maximum Gasteiger partial charge on any atom is 0.0814 e. The van der Waals surface area contributed by atoms with E-state index in [2.05, 4.69) is 60.1 Å². The van der Waals surface area contributed by atoms with Gasteiger partial charge >= 0.3 is 0 Å². The first-order valence-electron chi connectivity index (χ1n) is 13.3. The van der Waals surface area contributed by atoms with E-state index in [0.717, 1.165) is 64.4 Å². The summed E-state index contributed by atoms with van der Waals surface area (Å²) < 4.78 is 6.05. The monoisotopic (exact) mass is 449 g/mol. The molecule has 2 N–H and O–H groups in total. The molecule has 0 saturated heterocycles. The Morgan fingerprint density at radius 2 is 1.91 bits per heavy atom. The van der Waals surface area contributed by atoms with Crippen LogP contribution in [0.15, 0.2) is 23.3 Å². The zero-order valence-electron chi connectivity index (χ0n) is 22.2. The van der Waals surface area contributed by atoms with Gasteiger partial charge in [0.15, 0.2) is 0 Å². The van der Waals surface area contributed by atoms with Crippen molar-refractivity contribution < 1.29 is 14.9 Å². The van der Waals surface area contributed by atoms with Gasteiger partial charge in [-0.2, -0.15) is 13.3 Å². The second kappa shape index (κ2) is 15.3. The minimum Gasteiger partial charge on any atom is -0.390 e. The van der Waals surface area contributed by atoms with Gasteiger partial charge in [0.25, 0.3) is 0 Å². The van der Waals surface area contributed by atoms with Gasteiger partial charge in [-0.15, -0.1) is 0 Å². The van der Waals surface area contributed by atoms with E-state index >= 15 is 0 Å². The molecule has 1 aliphatic carbocycles. The Morgan fingerprint density at radius 3 is 2.56 bits per heavy atom. The molecule has 0 saturated carbocycles. The molecule has 0 amide bonds. The number of allylic oxidation sites excluding steroid dienone is 2. The Hall–Kier alpha value is -0.640. The number of ether oxygens (including phenoxy) is 1. The zero-order chi connectivity index (χ0) is 24.1. The van der Waals surface area contributed by atoms with Gasteiger partial charge in [0.2, 0.25) is 0 Å². The summed E-state index contributed by atoms with van der Waals surface area (Å²) in [7, 11) is 0. The Morgan fingerprint density at radius 1 is 1.22 bits per heavy atom. The van der Waals surface area contributed by atoms with Gasteiger partial charge in [0.05, 0.1) is 17.8 Å². The molecule has 0 aromatic heterocycles. The van der Waals surface area contributed by atoms with Gasteiger partial charge in [-0.05, 0) is 95.5 Å². The van der Waals surface area contributed by atoms with Crippen LogP contribution >= 0.6 is 0 Å². The summed E-state index contributed by atoms with van der Waals surface area (Å²) in [6.07, 6.45) is 17.0. The fourth-order valence-electron chi connectivity index (χ4n) is 4.89. The summed E-state index contributed by atoms with van der Waals surface area (Å²) in [5.41, 5.74) is 2.23. The highest BCUT2D eigenvalue weighted by atomic mass is 16.5. The van der Waals surface area contributed by atoms with E-state index < -0.39 is 5.60 Å². The number of hydrogen-bond donors (Lipinski definition) is 2. The standard InChI is InChI=1S/C29H53O3/c1-8-10-11-19-29(7,31)20-13-16-22(3)14-12-15-23(4)17-18-26-21-27(30)24(5)25(6)28(26)32-9-2/h8,14,21,23-25,27-28,30-31H,9-13,15-20H2,1-7H3/q-1/b22-14+. The summed E-state index contributed by atoms with van der Waals surface area (Å²) in [5.74, 6) is 1.26. The number of unbranched alkanes of at least 4 members (excludes halogenated alkanes) is 2. The summed E-state index contributed by atoms with van der Waals surface area (Å²) in [4.78, 5) is 0. The molecule has 1 rings (SSSR count). The van der Waals surface area contributed by atoms with E-state index in [1.54, 1.807) is 0 Å². The minimum atomic E-state index is -0.520. The molecule has 0 spiro atoms. The lowest BCUT2D eigenvalue weighted by molar-refractivity contribution is -0.00630. The van der Waals surface area contributed by atoms with Crippen LogP contribution in [0.4, 0.5) is 0 Å². The van der Waals surface area contributed by atoms with Crippen LogP contribution < -0.4 is 0 Å². The molecule has 0 aromatic rings. The molecule has 32 heavy (non-hydrogen) atoms. The van der Waals surface area contributed by atoms with Crippen molar-refractivity contribution in [2.75, 3.05) is 6.61 Å². The van der Waals surface area contributed by atoms with Gasteiger partial charge in [0.1, 0.15) is 0 Å². The zero-order valence-corrected chi connectivity index (χ0v) is 22.2. The highest BCUT2D eigenvalue weighted by Gasteiger charge is 2.34. The SMILES string of the molecule is C[CH-]CCCC(C)(O)CCC/C(C)=C/CCC(C)CCC1=CC(O)C(C)C(C)C1OCC. The third-order valence-corrected chi connectivity index (χ3v) is 7.51. The number of hydrogen-bond acceptors (Lipinski definition) is 3. The maximum atomic E-state index is 10.5.